The zero-order chi connectivity index (χ0) is 11.0. The molecule has 1 aliphatic rings. The van der Waals surface area contributed by atoms with Gasteiger partial charge in [-0.25, -0.2) is 0 Å². The standard InChI is InChI=1S/C13H25N/c1-7-9-14-10(8-2)11-12(3,4)13(11,5)6/h8,10-11,14H,2,7,9H2,1,3-6H3. The highest BCUT2D eigenvalue weighted by Crippen LogP contribution is 2.69. The van der Waals surface area contributed by atoms with Gasteiger partial charge in [0.25, 0.3) is 0 Å². The van der Waals surface area contributed by atoms with Crippen molar-refractivity contribution in [1.82, 2.24) is 5.32 Å². The molecule has 1 fully saturated rings. The number of rotatable bonds is 5. The van der Waals surface area contributed by atoms with Gasteiger partial charge in [-0.05, 0) is 29.7 Å². The summed E-state index contributed by atoms with van der Waals surface area (Å²) in [5.74, 6) is 0.735. The quantitative estimate of drug-likeness (QED) is 0.664. The molecule has 1 rings (SSSR count). The molecule has 1 heteroatoms. The summed E-state index contributed by atoms with van der Waals surface area (Å²) in [4.78, 5) is 0. The van der Waals surface area contributed by atoms with Gasteiger partial charge in [0, 0.05) is 6.04 Å². The predicted octanol–water partition coefficient (Wildman–Crippen LogP) is 3.22. The van der Waals surface area contributed by atoms with Crippen LogP contribution in [0.1, 0.15) is 41.0 Å². The third kappa shape index (κ3) is 1.63. The summed E-state index contributed by atoms with van der Waals surface area (Å²) in [5, 5.41) is 3.57. The van der Waals surface area contributed by atoms with Crippen LogP contribution >= 0.6 is 0 Å². The highest BCUT2D eigenvalue weighted by Gasteiger charge is 2.66. The van der Waals surface area contributed by atoms with E-state index in [1.165, 1.54) is 6.42 Å². The Kier molecular flexibility index (Phi) is 3.10. The first-order chi connectivity index (χ1) is 6.39. The van der Waals surface area contributed by atoms with Crippen LogP contribution in [0.15, 0.2) is 12.7 Å². The van der Waals surface area contributed by atoms with Crippen molar-refractivity contribution in [2.24, 2.45) is 16.7 Å². The van der Waals surface area contributed by atoms with Crippen molar-refractivity contribution in [3.8, 4) is 0 Å². The summed E-state index contributed by atoms with van der Waals surface area (Å²) in [7, 11) is 0. The minimum absolute atomic E-state index is 0.451. The molecule has 0 aromatic carbocycles. The fourth-order valence-electron chi connectivity index (χ4n) is 2.79. The molecule has 14 heavy (non-hydrogen) atoms. The lowest BCUT2D eigenvalue weighted by Gasteiger charge is -2.16. The van der Waals surface area contributed by atoms with E-state index in [0.29, 0.717) is 16.9 Å². The highest BCUT2D eigenvalue weighted by atomic mass is 15.0. The molecule has 0 heterocycles. The molecule has 0 aromatic rings. The zero-order valence-electron chi connectivity index (χ0n) is 10.4. The zero-order valence-corrected chi connectivity index (χ0v) is 10.4. The van der Waals surface area contributed by atoms with Crippen LogP contribution in [-0.4, -0.2) is 12.6 Å². The van der Waals surface area contributed by atoms with Gasteiger partial charge in [-0.15, -0.1) is 6.58 Å². The van der Waals surface area contributed by atoms with Crippen LogP contribution in [0, 0.1) is 16.7 Å². The van der Waals surface area contributed by atoms with Gasteiger partial charge in [-0.2, -0.15) is 0 Å². The fourth-order valence-corrected chi connectivity index (χ4v) is 2.79. The molecule has 1 unspecified atom stereocenters. The minimum atomic E-state index is 0.451. The Bertz CT molecular complexity index is 201. The lowest BCUT2D eigenvalue weighted by molar-refractivity contribution is 0.457. The van der Waals surface area contributed by atoms with Gasteiger partial charge >= 0.3 is 0 Å². The average molecular weight is 195 g/mol. The molecule has 0 amide bonds. The number of hydrogen-bond donors (Lipinski definition) is 1. The van der Waals surface area contributed by atoms with E-state index in [0.717, 1.165) is 12.5 Å². The van der Waals surface area contributed by atoms with E-state index >= 15 is 0 Å². The number of nitrogens with one attached hydrogen (secondary N) is 1. The van der Waals surface area contributed by atoms with Gasteiger partial charge in [-0.3, -0.25) is 0 Å². The summed E-state index contributed by atoms with van der Waals surface area (Å²) >= 11 is 0. The monoisotopic (exact) mass is 195 g/mol. The smallest absolute Gasteiger partial charge is 0.0286 e. The molecule has 1 N–H and O–H groups in total. The molecule has 1 saturated carbocycles. The van der Waals surface area contributed by atoms with Crippen LogP contribution < -0.4 is 5.32 Å². The van der Waals surface area contributed by atoms with Crippen molar-refractivity contribution in [2.75, 3.05) is 6.54 Å². The second-order valence-electron chi connectivity index (χ2n) is 5.64. The van der Waals surface area contributed by atoms with E-state index in [4.69, 9.17) is 0 Å². The highest BCUT2D eigenvalue weighted by molar-refractivity contribution is 5.19. The summed E-state index contributed by atoms with van der Waals surface area (Å²) in [6.45, 7) is 16.7. The van der Waals surface area contributed by atoms with Gasteiger partial charge in [0.2, 0.25) is 0 Å². The predicted molar refractivity (Wildman–Crippen MR) is 63.3 cm³/mol. The Balaban J connectivity index is 2.61. The largest absolute Gasteiger partial charge is 0.310 e. The maximum absolute atomic E-state index is 3.94. The van der Waals surface area contributed by atoms with E-state index in [2.05, 4.69) is 52.6 Å². The Labute approximate surface area is 89.0 Å². The molecular weight excluding hydrogens is 170 g/mol. The number of hydrogen-bond acceptors (Lipinski definition) is 1. The van der Waals surface area contributed by atoms with Crippen molar-refractivity contribution < 1.29 is 0 Å². The molecule has 1 nitrogen and oxygen atoms in total. The van der Waals surface area contributed by atoms with Crippen LogP contribution in [-0.2, 0) is 0 Å². The second-order valence-corrected chi connectivity index (χ2v) is 5.64. The van der Waals surface area contributed by atoms with Gasteiger partial charge in [0.1, 0.15) is 0 Å². The molecule has 0 spiro atoms. The van der Waals surface area contributed by atoms with Crippen LogP contribution in [0.3, 0.4) is 0 Å². The molecule has 0 aromatic heterocycles. The van der Waals surface area contributed by atoms with Crippen molar-refractivity contribution in [3.05, 3.63) is 12.7 Å². The lowest BCUT2D eigenvalue weighted by Crippen LogP contribution is -2.31. The Morgan fingerprint density at radius 3 is 2.07 bits per heavy atom. The van der Waals surface area contributed by atoms with E-state index < -0.39 is 0 Å². The van der Waals surface area contributed by atoms with Gasteiger partial charge in [0.05, 0.1) is 0 Å². The second kappa shape index (κ2) is 3.69. The molecular formula is C13H25N. The first kappa shape index (κ1) is 11.8. The first-order valence-electron chi connectivity index (χ1n) is 5.75. The van der Waals surface area contributed by atoms with E-state index in [1.807, 2.05) is 0 Å². The third-order valence-electron chi connectivity index (χ3n) is 4.38. The molecule has 0 saturated heterocycles. The molecule has 0 radical (unpaired) electrons. The van der Waals surface area contributed by atoms with Gasteiger partial charge < -0.3 is 5.32 Å². The van der Waals surface area contributed by atoms with Crippen LogP contribution in [0.25, 0.3) is 0 Å². The van der Waals surface area contributed by atoms with Gasteiger partial charge in [0.15, 0.2) is 0 Å². The molecule has 0 bridgehead atoms. The van der Waals surface area contributed by atoms with Crippen molar-refractivity contribution in [1.29, 1.82) is 0 Å². The van der Waals surface area contributed by atoms with Crippen molar-refractivity contribution in [3.63, 3.8) is 0 Å². The topological polar surface area (TPSA) is 12.0 Å². The molecule has 1 aliphatic carbocycles. The lowest BCUT2D eigenvalue weighted by atomic mass is 10.0. The maximum Gasteiger partial charge on any atom is 0.0286 e. The van der Waals surface area contributed by atoms with Crippen LogP contribution in [0.2, 0.25) is 0 Å². The summed E-state index contributed by atoms with van der Waals surface area (Å²) in [5.41, 5.74) is 0.902. The maximum atomic E-state index is 3.94. The van der Waals surface area contributed by atoms with E-state index in [-0.39, 0.29) is 0 Å². The van der Waals surface area contributed by atoms with E-state index in [1.54, 1.807) is 0 Å². The Hall–Kier alpha value is -0.300. The Morgan fingerprint density at radius 2 is 1.79 bits per heavy atom. The minimum Gasteiger partial charge on any atom is -0.310 e. The molecule has 1 atom stereocenters. The molecule has 0 aliphatic heterocycles. The van der Waals surface area contributed by atoms with Gasteiger partial charge in [-0.1, -0.05) is 40.7 Å². The van der Waals surface area contributed by atoms with Crippen molar-refractivity contribution >= 4 is 0 Å². The summed E-state index contributed by atoms with van der Waals surface area (Å²) < 4.78 is 0. The SMILES string of the molecule is C=CC(NCCC)C1C(C)(C)C1(C)C. The van der Waals surface area contributed by atoms with E-state index in [9.17, 15) is 0 Å². The fraction of sp³-hybridized carbons (Fsp3) is 0.846. The third-order valence-corrected chi connectivity index (χ3v) is 4.38. The summed E-state index contributed by atoms with van der Waals surface area (Å²) in [6, 6.07) is 0.486. The average Bonchev–Trinajstić information content (AvgIpc) is 2.48. The first-order valence-corrected chi connectivity index (χ1v) is 5.75. The summed E-state index contributed by atoms with van der Waals surface area (Å²) in [6.07, 6.45) is 3.27. The normalized spacial score (nSPS) is 25.8. The molecule has 82 valence electrons. The Morgan fingerprint density at radius 1 is 1.29 bits per heavy atom. The van der Waals surface area contributed by atoms with Crippen LogP contribution in [0.5, 0.6) is 0 Å². The van der Waals surface area contributed by atoms with Crippen molar-refractivity contribution in [2.45, 2.75) is 47.1 Å². The van der Waals surface area contributed by atoms with Crippen LogP contribution in [0.4, 0.5) is 0 Å².